The zero-order valence-electron chi connectivity index (χ0n) is 12.3. The Morgan fingerprint density at radius 2 is 2.05 bits per heavy atom. The van der Waals surface area contributed by atoms with Crippen molar-refractivity contribution in [2.24, 2.45) is 5.84 Å². The Bertz CT molecular complexity index is 589. The third kappa shape index (κ3) is 3.99. The molecule has 0 aromatic carbocycles. The van der Waals surface area contributed by atoms with Gasteiger partial charge in [0.15, 0.2) is 0 Å². The average molecular weight is 309 g/mol. The molecular formula is C12H19N7OS. The third-order valence-corrected chi connectivity index (χ3v) is 3.98. The number of anilines is 2. The number of nitrogens with zero attached hydrogens (tertiary/aromatic N) is 4. The van der Waals surface area contributed by atoms with Crippen LogP contribution in [0.3, 0.4) is 0 Å². The fourth-order valence-corrected chi connectivity index (χ4v) is 2.48. The number of aromatic nitrogens is 4. The van der Waals surface area contributed by atoms with Gasteiger partial charge in [-0.1, -0.05) is 6.92 Å². The highest BCUT2D eigenvalue weighted by atomic mass is 32.1. The number of hydrogen-bond acceptors (Lipinski definition) is 9. The minimum absolute atomic E-state index is 0.0159. The minimum atomic E-state index is -0.0159. The molecule has 8 nitrogen and oxygen atoms in total. The first-order valence-electron chi connectivity index (χ1n) is 6.72. The van der Waals surface area contributed by atoms with E-state index in [1.165, 1.54) is 4.88 Å². The van der Waals surface area contributed by atoms with E-state index in [0.717, 1.165) is 11.4 Å². The Morgan fingerprint density at radius 3 is 2.67 bits per heavy atom. The lowest BCUT2D eigenvalue weighted by molar-refractivity contribution is 0.312. The zero-order chi connectivity index (χ0) is 15.2. The first kappa shape index (κ1) is 15.4. The molecular weight excluding hydrogens is 290 g/mol. The predicted octanol–water partition coefficient (Wildman–Crippen LogP) is 1.75. The van der Waals surface area contributed by atoms with Crippen molar-refractivity contribution in [1.82, 2.24) is 19.9 Å². The van der Waals surface area contributed by atoms with Crippen LogP contribution in [0, 0.1) is 0 Å². The molecule has 0 aliphatic rings. The maximum Gasteiger partial charge on any atom is 0.323 e. The van der Waals surface area contributed by atoms with Crippen molar-refractivity contribution in [2.45, 2.75) is 33.2 Å². The summed E-state index contributed by atoms with van der Waals surface area (Å²) in [7, 11) is 0. The Hall–Kier alpha value is -2.00. The molecule has 0 amide bonds. The van der Waals surface area contributed by atoms with Gasteiger partial charge in [0.25, 0.3) is 0 Å². The van der Waals surface area contributed by atoms with Crippen molar-refractivity contribution in [1.29, 1.82) is 0 Å². The zero-order valence-corrected chi connectivity index (χ0v) is 13.1. The minimum Gasteiger partial charge on any atom is -0.464 e. The molecule has 2 aromatic heterocycles. The van der Waals surface area contributed by atoms with E-state index >= 15 is 0 Å². The Morgan fingerprint density at radius 1 is 1.29 bits per heavy atom. The summed E-state index contributed by atoms with van der Waals surface area (Å²) < 4.78 is 5.29. The largest absolute Gasteiger partial charge is 0.464 e. The molecule has 0 aliphatic heterocycles. The number of nitrogens with two attached hydrogens (primary N) is 1. The second kappa shape index (κ2) is 7.14. The summed E-state index contributed by atoms with van der Waals surface area (Å²) in [5, 5.41) is 4.16. The van der Waals surface area contributed by atoms with Crippen molar-refractivity contribution < 1.29 is 4.74 Å². The van der Waals surface area contributed by atoms with Gasteiger partial charge in [-0.2, -0.15) is 15.0 Å². The summed E-state index contributed by atoms with van der Waals surface area (Å²) in [5.41, 5.74) is 2.40. The number of ether oxygens (including phenoxy) is 1. The van der Waals surface area contributed by atoms with E-state index in [0.29, 0.717) is 12.6 Å². The Labute approximate surface area is 127 Å². The lowest BCUT2D eigenvalue weighted by atomic mass is 10.3. The van der Waals surface area contributed by atoms with E-state index in [9.17, 15) is 0 Å². The summed E-state index contributed by atoms with van der Waals surface area (Å²) >= 11 is 1.67. The van der Waals surface area contributed by atoms with Gasteiger partial charge < -0.3 is 10.1 Å². The normalized spacial score (nSPS) is 12.0. The first-order chi connectivity index (χ1) is 10.2. The molecule has 2 rings (SSSR count). The number of rotatable bonds is 7. The summed E-state index contributed by atoms with van der Waals surface area (Å²) in [6.45, 7) is 6.43. The van der Waals surface area contributed by atoms with E-state index in [2.05, 4.69) is 37.6 Å². The molecule has 1 atom stereocenters. The van der Waals surface area contributed by atoms with Crippen molar-refractivity contribution in [3.8, 4) is 6.01 Å². The number of aryl methyl sites for hydroxylation is 1. The Kier molecular flexibility index (Phi) is 5.23. The molecule has 0 spiro atoms. The van der Waals surface area contributed by atoms with E-state index in [4.69, 9.17) is 10.6 Å². The van der Waals surface area contributed by atoms with Gasteiger partial charge in [0.2, 0.25) is 11.9 Å². The summed E-state index contributed by atoms with van der Waals surface area (Å²) in [5.74, 6) is 5.99. The quantitative estimate of drug-likeness (QED) is 0.524. The first-order valence-corrected chi connectivity index (χ1v) is 7.54. The summed E-state index contributed by atoms with van der Waals surface area (Å²) in [6.07, 6.45) is 2.87. The van der Waals surface area contributed by atoms with Crippen LogP contribution in [0.1, 0.15) is 36.7 Å². The van der Waals surface area contributed by atoms with Crippen LogP contribution >= 0.6 is 11.3 Å². The highest BCUT2D eigenvalue weighted by Gasteiger charge is 2.13. The highest BCUT2D eigenvalue weighted by Crippen LogP contribution is 2.23. The van der Waals surface area contributed by atoms with Crippen LogP contribution in [-0.2, 0) is 6.42 Å². The van der Waals surface area contributed by atoms with Gasteiger partial charge in [0, 0.05) is 11.1 Å². The lowest BCUT2D eigenvalue weighted by Crippen LogP contribution is -2.15. The molecule has 0 saturated heterocycles. The van der Waals surface area contributed by atoms with E-state index in [1.807, 2.05) is 20.0 Å². The Balaban J connectivity index is 2.15. The van der Waals surface area contributed by atoms with Gasteiger partial charge in [0.1, 0.15) is 5.01 Å². The molecule has 4 N–H and O–H groups in total. The monoisotopic (exact) mass is 309 g/mol. The standard InChI is InChI=1S/C12H19N7OS/c1-4-8-6-14-9(21-8)7(3)15-10-16-11(19-13)18-12(17-10)20-5-2/h6-7H,4-5,13H2,1-3H3,(H2,15,16,17,18,19). The highest BCUT2D eigenvalue weighted by molar-refractivity contribution is 7.11. The van der Waals surface area contributed by atoms with Crippen molar-refractivity contribution in [3.63, 3.8) is 0 Å². The van der Waals surface area contributed by atoms with Crippen LogP contribution in [-0.4, -0.2) is 26.5 Å². The fraction of sp³-hybridized carbons (Fsp3) is 0.500. The summed E-state index contributed by atoms with van der Waals surface area (Å²) in [6, 6.07) is 0.210. The smallest absolute Gasteiger partial charge is 0.323 e. The third-order valence-electron chi connectivity index (χ3n) is 2.65. The van der Waals surface area contributed by atoms with Gasteiger partial charge in [0.05, 0.1) is 12.6 Å². The number of hydrazine groups is 1. The molecule has 9 heteroatoms. The molecule has 21 heavy (non-hydrogen) atoms. The van der Waals surface area contributed by atoms with Gasteiger partial charge in [-0.05, 0) is 20.3 Å². The van der Waals surface area contributed by atoms with Crippen molar-refractivity contribution in [3.05, 3.63) is 16.1 Å². The molecule has 0 radical (unpaired) electrons. The fourth-order valence-electron chi connectivity index (χ4n) is 1.62. The van der Waals surface area contributed by atoms with E-state index in [1.54, 1.807) is 11.3 Å². The number of hydrogen-bond donors (Lipinski definition) is 3. The van der Waals surface area contributed by atoms with Crippen LogP contribution in [0.4, 0.5) is 11.9 Å². The second-order valence-corrected chi connectivity index (χ2v) is 5.37. The molecule has 2 aromatic rings. The van der Waals surface area contributed by atoms with Gasteiger partial charge >= 0.3 is 6.01 Å². The summed E-state index contributed by atoms with van der Waals surface area (Å²) in [4.78, 5) is 18.0. The second-order valence-electron chi connectivity index (χ2n) is 4.23. The van der Waals surface area contributed by atoms with Crippen LogP contribution in [0.2, 0.25) is 0 Å². The van der Waals surface area contributed by atoms with E-state index in [-0.39, 0.29) is 18.0 Å². The van der Waals surface area contributed by atoms with E-state index < -0.39 is 0 Å². The lowest BCUT2D eigenvalue weighted by Gasteiger charge is -2.12. The molecule has 0 bridgehead atoms. The number of thiazole rings is 1. The number of nitrogen functional groups attached to an aromatic ring is 1. The van der Waals surface area contributed by atoms with Crippen LogP contribution in [0.15, 0.2) is 6.20 Å². The molecule has 0 saturated carbocycles. The molecule has 2 heterocycles. The predicted molar refractivity (Wildman–Crippen MR) is 82.3 cm³/mol. The molecule has 0 aliphatic carbocycles. The maximum absolute atomic E-state index is 5.35. The van der Waals surface area contributed by atoms with Crippen LogP contribution < -0.4 is 21.3 Å². The van der Waals surface area contributed by atoms with Crippen LogP contribution in [0.25, 0.3) is 0 Å². The van der Waals surface area contributed by atoms with Gasteiger partial charge in [-0.25, -0.2) is 10.8 Å². The average Bonchev–Trinajstić information content (AvgIpc) is 2.96. The van der Waals surface area contributed by atoms with Crippen molar-refractivity contribution in [2.75, 3.05) is 17.3 Å². The SMILES string of the molecule is CCOc1nc(NN)nc(NC(C)c2ncc(CC)s2)n1. The van der Waals surface area contributed by atoms with Crippen molar-refractivity contribution >= 4 is 23.2 Å². The molecule has 114 valence electrons. The number of nitrogens with one attached hydrogen (secondary N) is 2. The topological polar surface area (TPSA) is 111 Å². The molecule has 0 fully saturated rings. The molecule has 1 unspecified atom stereocenters. The van der Waals surface area contributed by atoms with Crippen LogP contribution in [0.5, 0.6) is 6.01 Å². The van der Waals surface area contributed by atoms with Gasteiger partial charge in [-0.3, -0.25) is 5.43 Å². The van der Waals surface area contributed by atoms with Gasteiger partial charge in [-0.15, -0.1) is 11.3 Å². The maximum atomic E-state index is 5.35.